The van der Waals surface area contributed by atoms with E-state index in [9.17, 15) is 10.1 Å². The van der Waals surface area contributed by atoms with Crippen molar-refractivity contribution in [1.29, 1.82) is 0 Å². The summed E-state index contributed by atoms with van der Waals surface area (Å²) in [6.45, 7) is 1.56. The number of nitro benzene ring substituents is 1. The van der Waals surface area contributed by atoms with Crippen LogP contribution in [0.1, 0.15) is 18.4 Å². The lowest BCUT2D eigenvalue weighted by molar-refractivity contribution is -0.385. The van der Waals surface area contributed by atoms with E-state index in [1.807, 2.05) is 6.07 Å². The van der Waals surface area contributed by atoms with Crippen molar-refractivity contribution >= 4 is 21.6 Å². The van der Waals surface area contributed by atoms with Gasteiger partial charge in [0.15, 0.2) is 0 Å². The average Bonchev–Trinajstić information content (AvgIpc) is 2.30. The minimum absolute atomic E-state index is 0.0830. The number of hydrogen-bond donors (Lipinski definition) is 2. The Labute approximate surface area is 108 Å². The zero-order valence-electron chi connectivity index (χ0n) is 9.36. The van der Waals surface area contributed by atoms with E-state index in [-0.39, 0.29) is 12.3 Å². The molecule has 0 amide bonds. The minimum Gasteiger partial charge on any atom is -0.396 e. The first-order valence-electron chi connectivity index (χ1n) is 5.40. The first-order chi connectivity index (χ1) is 8.16. The summed E-state index contributed by atoms with van der Waals surface area (Å²) in [7, 11) is 0. The summed E-state index contributed by atoms with van der Waals surface area (Å²) >= 11 is 3.24. The van der Waals surface area contributed by atoms with Crippen molar-refractivity contribution < 1.29 is 10.0 Å². The fourth-order valence-electron chi connectivity index (χ4n) is 1.43. The van der Waals surface area contributed by atoms with Crippen LogP contribution in [-0.2, 0) is 6.54 Å². The Morgan fingerprint density at radius 1 is 1.41 bits per heavy atom. The Morgan fingerprint density at radius 2 is 2.18 bits per heavy atom. The average molecular weight is 303 g/mol. The number of nitro groups is 1. The van der Waals surface area contributed by atoms with Gasteiger partial charge in [0.05, 0.1) is 9.40 Å². The number of hydrogen-bond acceptors (Lipinski definition) is 4. The molecule has 0 fully saturated rings. The second kappa shape index (κ2) is 7.37. The highest BCUT2D eigenvalue weighted by Gasteiger charge is 2.13. The number of unbranched alkanes of at least 4 members (excludes halogenated alkanes) is 1. The maximum atomic E-state index is 10.7. The third kappa shape index (κ3) is 4.41. The second-order valence-electron chi connectivity index (χ2n) is 3.61. The van der Waals surface area contributed by atoms with Gasteiger partial charge >= 0.3 is 0 Å². The highest BCUT2D eigenvalue weighted by Crippen LogP contribution is 2.27. The molecule has 1 rings (SSSR count). The molecule has 6 heteroatoms. The van der Waals surface area contributed by atoms with Crippen molar-refractivity contribution in [3.8, 4) is 0 Å². The van der Waals surface area contributed by atoms with Gasteiger partial charge in [-0.25, -0.2) is 0 Å². The lowest BCUT2D eigenvalue weighted by Crippen LogP contribution is -2.15. The van der Waals surface area contributed by atoms with Crippen LogP contribution in [0.2, 0.25) is 0 Å². The van der Waals surface area contributed by atoms with Crippen molar-refractivity contribution in [2.24, 2.45) is 0 Å². The van der Waals surface area contributed by atoms with Crippen LogP contribution in [-0.4, -0.2) is 23.2 Å². The highest BCUT2D eigenvalue weighted by atomic mass is 79.9. The van der Waals surface area contributed by atoms with Gasteiger partial charge in [0.25, 0.3) is 5.69 Å². The quantitative estimate of drug-likeness (QED) is 0.460. The van der Waals surface area contributed by atoms with Crippen LogP contribution in [0.3, 0.4) is 0 Å². The molecule has 0 aliphatic heterocycles. The van der Waals surface area contributed by atoms with Gasteiger partial charge in [0.2, 0.25) is 0 Å². The first kappa shape index (κ1) is 14.1. The predicted octanol–water partition coefficient (Wildman–Crippen LogP) is 2.22. The van der Waals surface area contributed by atoms with Crippen LogP contribution in [0.4, 0.5) is 5.69 Å². The van der Waals surface area contributed by atoms with Gasteiger partial charge in [-0.2, -0.15) is 0 Å². The molecule has 94 valence electrons. The van der Waals surface area contributed by atoms with E-state index in [1.165, 1.54) is 6.07 Å². The summed E-state index contributed by atoms with van der Waals surface area (Å²) < 4.78 is 0.527. The van der Waals surface area contributed by atoms with Gasteiger partial charge in [0.1, 0.15) is 0 Å². The van der Waals surface area contributed by atoms with Crippen LogP contribution in [0, 0.1) is 10.1 Å². The third-order valence-electron chi connectivity index (χ3n) is 2.33. The summed E-state index contributed by atoms with van der Waals surface area (Å²) in [5, 5.41) is 22.5. The Balaban J connectivity index is 2.54. The van der Waals surface area contributed by atoms with E-state index in [1.54, 1.807) is 6.07 Å². The van der Waals surface area contributed by atoms with Gasteiger partial charge in [0, 0.05) is 19.2 Å². The van der Waals surface area contributed by atoms with Crippen molar-refractivity contribution in [2.75, 3.05) is 13.2 Å². The maximum Gasteiger partial charge on any atom is 0.283 e. The largest absolute Gasteiger partial charge is 0.396 e. The zero-order valence-corrected chi connectivity index (χ0v) is 10.9. The topological polar surface area (TPSA) is 75.4 Å². The van der Waals surface area contributed by atoms with Crippen LogP contribution < -0.4 is 5.32 Å². The monoisotopic (exact) mass is 302 g/mol. The molecule has 0 aromatic heterocycles. The fraction of sp³-hybridized carbons (Fsp3) is 0.455. The van der Waals surface area contributed by atoms with Gasteiger partial charge in [-0.05, 0) is 40.9 Å². The molecular formula is C11H15BrN2O3. The van der Waals surface area contributed by atoms with E-state index in [2.05, 4.69) is 21.2 Å². The molecule has 0 unspecified atom stereocenters. The molecule has 17 heavy (non-hydrogen) atoms. The molecule has 0 spiro atoms. The summed E-state index contributed by atoms with van der Waals surface area (Å²) in [5.74, 6) is 0. The number of halogens is 1. The Hall–Kier alpha value is -0.980. The van der Waals surface area contributed by atoms with Crippen molar-refractivity contribution in [1.82, 2.24) is 5.32 Å². The number of benzene rings is 1. The van der Waals surface area contributed by atoms with Gasteiger partial charge in [-0.3, -0.25) is 10.1 Å². The number of nitrogens with zero attached hydrogens (tertiary/aromatic N) is 1. The predicted molar refractivity (Wildman–Crippen MR) is 68.8 cm³/mol. The normalized spacial score (nSPS) is 10.5. The Bertz CT molecular complexity index is 385. The van der Waals surface area contributed by atoms with Crippen molar-refractivity contribution in [3.63, 3.8) is 0 Å². The molecule has 0 saturated heterocycles. The SMILES string of the molecule is O=[N+]([O-])c1cccc(CNCCCCO)c1Br. The van der Waals surface area contributed by atoms with E-state index in [0.717, 1.165) is 24.9 Å². The van der Waals surface area contributed by atoms with E-state index in [4.69, 9.17) is 5.11 Å². The van der Waals surface area contributed by atoms with Crippen molar-refractivity contribution in [2.45, 2.75) is 19.4 Å². The molecule has 0 radical (unpaired) electrons. The third-order valence-corrected chi connectivity index (χ3v) is 3.25. The molecule has 0 atom stereocenters. The zero-order chi connectivity index (χ0) is 12.7. The van der Waals surface area contributed by atoms with Crippen LogP contribution in [0.25, 0.3) is 0 Å². The first-order valence-corrected chi connectivity index (χ1v) is 6.19. The summed E-state index contributed by atoms with van der Waals surface area (Å²) in [5.41, 5.74) is 0.947. The van der Waals surface area contributed by atoms with Crippen LogP contribution in [0.15, 0.2) is 22.7 Å². The van der Waals surface area contributed by atoms with Gasteiger partial charge < -0.3 is 10.4 Å². The molecule has 1 aromatic rings. The lowest BCUT2D eigenvalue weighted by atomic mass is 10.2. The molecule has 0 bridgehead atoms. The van der Waals surface area contributed by atoms with Gasteiger partial charge in [-0.1, -0.05) is 12.1 Å². The van der Waals surface area contributed by atoms with Gasteiger partial charge in [-0.15, -0.1) is 0 Å². The molecule has 0 heterocycles. The molecule has 2 N–H and O–H groups in total. The number of aliphatic hydroxyl groups is 1. The van der Waals surface area contributed by atoms with Crippen LogP contribution >= 0.6 is 15.9 Å². The smallest absolute Gasteiger partial charge is 0.283 e. The summed E-state index contributed by atoms with van der Waals surface area (Å²) in [4.78, 5) is 10.3. The number of nitrogens with one attached hydrogen (secondary N) is 1. The molecule has 0 aliphatic carbocycles. The molecule has 0 saturated carbocycles. The lowest BCUT2D eigenvalue weighted by Gasteiger charge is -2.06. The van der Waals surface area contributed by atoms with E-state index in [0.29, 0.717) is 11.0 Å². The van der Waals surface area contributed by atoms with E-state index >= 15 is 0 Å². The maximum absolute atomic E-state index is 10.7. The number of rotatable bonds is 7. The molecule has 1 aromatic carbocycles. The molecule has 5 nitrogen and oxygen atoms in total. The summed E-state index contributed by atoms with van der Waals surface area (Å²) in [6.07, 6.45) is 1.66. The standard InChI is InChI=1S/C11H15BrN2O3/c12-11-9(8-13-6-1-2-7-15)4-3-5-10(11)14(16)17/h3-5,13,15H,1-2,6-8H2. The van der Waals surface area contributed by atoms with Crippen molar-refractivity contribution in [3.05, 3.63) is 38.3 Å². The second-order valence-corrected chi connectivity index (χ2v) is 4.41. The summed E-state index contributed by atoms with van der Waals surface area (Å²) in [6, 6.07) is 4.99. The Kier molecular flexibility index (Phi) is 6.10. The minimum atomic E-state index is -0.403. The van der Waals surface area contributed by atoms with E-state index < -0.39 is 4.92 Å². The highest BCUT2D eigenvalue weighted by molar-refractivity contribution is 9.10. The number of aliphatic hydroxyl groups excluding tert-OH is 1. The van der Waals surface area contributed by atoms with Crippen LogP contribution in [0.5, 0.6) is 0 Å². The molecular weight excluding hydrogens is 288 g/mol. The fourth-order valence-corrected chi connectivity index (χ4v) is 1.98. The Morgan fingerprint density at radius 3 is 2.82 bits per heavy atom. The molecule has 0 aliphatic rings.